The monoisotopic (exact) mass is 603 g/mol. The number of hydrogen-bond acceptors (Lipinski definition) is 7. The lowest BCUT2D eigenvalue weighted by molar-refractivity contribution is -0.0205. The first-order valence-electron chi connectivity index (χ1n) is 15.2. The third-order valence-electron chi connectivity index (χ3n) is 7.46. The summed E-state index contributed by atoms with van der Waals surface area (Å²) in [5.74, 6) is 0.263. The number of ether oxygens (including phenoxy) is 2. The molecule has 1 aliphatic heterocycles. The standard InChI is InChI=1S/C34H45N5O5/c1-6-31(25(2)43-24-26-10-8-7-9-11-26)39(36-33(42)44-34(3,4)5)32(41)35-27-12-14-28(15-13-27)37-20-22-38(23-21-37)29-16-18-30(40)19-17-29/h7-19,25,31,40H,6,20-24H2,1-5H3,(H,35,41)(H,36,42)/t25-,31-/m0/s1. The normalized spacial score (nSPS) is 14.8. The quantitative estimate of drug-likeness (QED) is 0.244. The van der Waals surface area contributed by atoms with Gasteiger partial charge in [0.25, 0.3) is 0 Å². The van der Waals surface area contributed by atoms with Gasteiger partial charge in [-0.2, -0.15) is 0 Å². The van der Waals surface area contributed by atoms with Crippen molar-refractivity contribution >= 4 is 29.2 Å². The molecule has 3 N–H and O–H groups in total. The molecule has 10 nitrogen and oxygen atoms in total. The van der Waals surface area contributed by atoms with Crippen molar-refractivity contribution in [1.82, 2.24) is 10.4 Å². The van der Waals surface area contributed by atoms with E-state index < -0.39 is 23.8 Å². The molecule has 1 aliphatic rings. The van der Waals surface area contributed by atoms with Crippen molar-refractivity contribution in [2.45, 2.75) is 65.4 Å². The first-order chi connectivity index (χ1) is 21.0. The second kappa shape index (κ2) is 14.8. The fourth-order valence-corrected chi connectivity index (χ4v) is 5.15. The smallest absolute Gasteiger partial charge is 0.426 e. The molecule has 0 aromatic heterocycles. The fourth-order valence-electron chi connectivity index (χ4n) is 5.15. The molecule has 4 rings (SSSR count). The van der Waals surface area contributed by atoms with Gasteiger partial charge in [0, 0.05) is 43.2 Å². The second-order valence-corrected chi connectivity index (χ2v) is 11.9. The number of anilines is 3. The van der Waals surface area contributed by atoms with Crippen LogP contribution in [0.5, 0.6) is 5.75 Å². The molecule has 1 fully saturated rings. The summed E-state index contributed by atoms with van der Waals surface area (Å²) >= 11 is 0. The van der Waals surface area contributed by atoms with Crippen LogP contribution in [0.1, 0.15) is 46.6 Å². The number of benzene rings is 3. The van der Waals surface area contributed by atoms with Crippen LogP contribution in [0.2, 0.25) is 0 Å². The molecule has 0 spiro atoms. The number of hydrazine groups is 1. The van der Waals surface area contributed by atoms with Crippen molar-refractivity contribution in [3.8, 4) is 5.75 Å². The summed E-state index contributed by atoms with van der Waals surface area (Å²) in [4.78, 5) is 31.0. The van der Waals surface area contributed by atoms with Crippen molar-refractivity contribution < 1.29 is 24.2 Å². The number of nitrogens with one attached hydrogen (secondary N) is 2. The predicted octanol–water partition coefficient (Wildman–Crippen LogP) is 6.38. The average molecular weight is 604 g/mol. The Bertz CT molecular complexity index is 1340. The van der Waals surface area contributed by atoms with Crippen LogP contribution in [-0.2, 0) is 16.1 Å². The topological polar surface area (TPSA) is 107 Å². The number of rotatable bonds is 9. The first kappa shape index (κ1) is 32.5. The second-order valence-electron chi connectivity index (χ2n) is 11.9. The Hall–Kier alpha value is -4.44. The van der Waals surface area contributed by atoms with Crippen LogP contribution in [0.25, 0.3) is 0 Å². The van der Waals surface area contributed by atoms with E-state index >= 15 is 0 Å². The van der Waals surface area contributed by atoms with Gasteiger partial charge in [-0.25, -0.2) is 20.0 Å². The van der Waals surface area contributed by atoms with Gasteiger partial charge in [-0.05, 0) is 88.2 Å². The molecule has 236 valence electrons. The molecule has 1 heterocycles. The number of nitrogens with zero attached hydrogens (tertiary/aromatic N) is 3. The molecule has 10 heteroatoms. The number of amides is 3. The summed E-state index contributed by atoms with van der Waals surface area (Å²) in [6.45, 7) is 12.9. The van der Waals surface area contributed by atoms with Gasteiger partial charge in [0.05, 0.1) is 18.8 Å². The Morgan fingerprint density at radius 3 is 1.95 bits per heavy atom. The van der Waals surface area contributed by atoms with Crippen LogP contribution in [0, 0.1) is 0 Å². The van der Waals surface area contributed by atoms with Crippen molar-refractivity contribution in [3.05, 3.63) is 84.4 Å². The van der Waals surface area contributed by atoms with Gasteiger partial charge < -0.3 is 29.7 Å². The van der Waals surface area contributed by atoms with Crippen LogP contribution < -0.4 is 20.5 Å². The molecular formula is C34H45N5O5. The molecule has 3 aromatic carbocycles. The number of carbonyl (C=O) groups excluding carboxylic acids is 2. The highest BCUT2D eigenvalue weighted by Gasteiger charge is 2.31. The van der Waals surface area contributed by atoms with E-state index in [-0.39, 0.29) is 11.9 Å². The highest BCUT2D eigenvalue weighted by Crippen LogP contribution is 2.24. The van der Waals surface area contributed by atoms with E-state index in [9.17, 15) is 14.7 Å². The van der Waals surface area contributed by atoms with Gasteiger partial charge in [0.1, 0.15) is 11.4 Å². The Morgan fingerprint density at radius 2 is 1.43 bits per heavy atom. The minimum absolute atomic E-state index is 0.263. The zero-order chi connectivity index (χ0) is 31.7. The number of phenolic OH excluding ortho intramolecular Hbond substituents is 1. The summed E-state index contributed by atoms with van der Waals surface area (Å²) in [7, 11) is 0. The third-order valence-corrected chi connectivity index (χ3v) is 7.46. The third kappa shape index (κ3) is 9.28. The van der Waals surface area contributed by atoms with Gasteiger partial charge in [-0.15, -0.1) is 0 Å². The van der Waals surface area contributed by atoms with E-state index in [1.807, 2.05) is 80.6 Å². The van der Waals surface area contributed by atoms with Gasteiger partial charge in [-0.3, -0.25) is 0 Å². The van der Waals surface area contributed by atoms with E-state index in [4.69, 9.17) is 9.47 Å². The lowest BCUT2D eigenvalue weighted by Gasteiger charge is -2.37. The summed E-state index contributed by atoms with van der Waals surface area (Å²) < 4.78 is 11.6. The SMILES string of the molecule is CC[C@@H]([C@H](C)OCc1ccccc1)N(NC(=O)OC(C)(C)C)C(=O)Nc1ccc(N2CCN(c3ccc(O)cc3)CC2)cc1. The van der Waals surface area contributed by atoms with Crippen molar-refractivity contribution in [3.63, 3.8) is 0 Å². The average Bonchev–Trinajstić information content (AvgIpc) is 3.00. The number of phenols is 1. The largest absolute Gasteiger partial charge is 0.508 e. The Morgan fingerprint density at radius 1 is 0.886 bits per heavy atom. The van der Waals surface area contributed by atoms with Crippen molar-refractivity contribution in [2.75, 3.05) is 41.3 Å². The van der Waals surface area contributed by atoms with Crippen molar-refractivity contribution in [2.24, 2.45) is 0 Å². The molecule has 0 radical (unpaired) electrons. The number of carbonyl (C=O) groups is 2. The van der Waals surface area contributed by atoms with Gasteiger partial charge in [0.15, 0.2) is 0 Å². The maximum Gasteiger partial charge on any atom is 0.426 e. The molecule has 44 heavy (non-hydrogen) atoms. The lowest BCUT2D eigenvalue weighted by atomic mass is 10.1. The summed E-state index contributed by atoms with van der Waals surface area (Å²) in [6.07, 6.45) is -0.569. The highest BCUT2D eigenvalue weighted by molar-refractivity contribution is 5.90. The molecule has 0 bridgehead atoms. The van der Waals surface area contributed by atoms with E-state index in [1.165, 1.54) is 5.01 Å². The number of aromatic hydroxyl groups is 1. The summed E-state index contributed by atoms with van der Waals surface area (Å²) in [5, 5.41) is 13.8. The minimum atomic E-state index is -0.727. The van der Waals surface area contributed by atoms with Crippen molar-refractivity contribution in [1.29, 1.82) is 0 Å². The number of piperazine rings is 1. The highest BCUT2D eigenvalue weighted by atomic mass is 16.6. The number of hydrogen-bond donors (Lipinski definition) is 3. The van der Waals surface area contributed by atoms with Crippen LogP contribution in [-0.4, -0.2) is 66.2 Å². The van der Waals surface area contributed by atoms with Crippen LogP contribution >= 0.6 is 0 Å². The zero-order valence-electron chi connectivity index (χ0n) is 26.3. The molecular weight excluding hydrogens is 558 g/mol. The molecule has 1 saturated heterocycles. The minimum Gasteiger partial charge on any atom is -0.508 e. The molecule has 0 aliphatic carbocycles. The molecule has 0 saturated carbocycles. The lowest BCUT2D eigenvalue weighted by Crippen LogP contribution is -2.57. The Balaban J connectivity index is 1.40. The van der Waals surface area contributed by atoms with Crippen LogP contribution in [0.3, 0.4) is 0 Å². The van der Waals surface area contributed by atoms with E-state index in [0.29, 0.717) is 18.7 Å². The van der Waals surface area contributed by atoms with E-state index in [0.717, 1.165) is 43.1 Å². The number of urea groups is 1. The predicted molar refractivity (Wildman–Crippen MR) is 174 cm³/mol. The van der Waals surface area contributed by atoms with Gasteiger partial charge in [-0.1, -0.05) is 37.3 Å². The van der Waals surface area contributed by atoms with Gasteiger partial charge >= 0.3 is 12.1 Å². The van der Waals surface area contributed by atoms with Crippen LogP contribution in [0.4, 0.5) is 26.7 Å². The molecule has 0 unspecified atom stereocenters. The van der Waals surface area contributed by atoms with E-state index in [2.05, 4.69) is 20.5 Å². The summed E-state index contributed by atoms with van der Waals surface area (Å²) in [6, 6.07) is 23.8. The van der Waals surface area contributed by atoms with E-state index in [1.54, 1.807) is 32.9 Å². The van der Waals surface area contributed by atoms with Gasteiger partial charge in [0.2, 0.25) is 0 Å². The molecule has 3 aromatic rings. The maximum absolute atomic E-state index is 13.6. The Labute approximate surface area is 260 Å². The summed E-state index contributed by atoms with van der Waals surface area (Å²) in [5.41, 5.74) is 5.71. The maximum atomic E-state index is 13.6. The molecule has 3 amide bonds. The zero-order valence-corrected chi connectivity index (χ0v) is 26.3. The molecule has 2 atom stereocenters. The first-order valence-corrected chi connectivity index (χ1v) is 15.2. The fraction of sp³-hybridized carbons (Fsp3) is 0.412. The Kier molecular flexibility index (Phi) is 10.9. The van der Waals surface area contributed by atoms with Crippen LogP contribution in [0.15, 0.2) is 78.9 Å².